The van der Waals surface area contributed by atoms with Crippen LogP contribution in [-0.4, -0.2) is 18.8 Å². The van der Waals surface area contributed by atoms with Crippen LogP contribution in [0.2, 0.25) is 0 Å². The normalized spacial score (nSPS) is 12.7. The van der Waals surface area contributed by atoms with E-state index in [-0.39, 0.29) is 12.4 Å². The van der Waals surface area contributed by atoms with Crippen molar-refractivity contribution in [1.82, 2.24) is 0 Å². The fraction of sp³-hybridized carbons (Fsp3) is 0.167. The molecule has 0 aliphatic carbocycles. The molecular formula is C24H22INO2. The zero-order chi connectivity index (χ0) is 20.0. The van der Waals surface area contributed by atoms with Crippen molar-refractivity contribution in [2.24, 2.45) is 4.99 Å². The molecule has 3 nitrogen and oxygen atoms in total. The molecule has 4 heteroatoms. The molecule has 0 saturated carbocycles. The van der Waals surface area contributed by atoms with E-state index in [2.05, 4.69) is 22.6 Å². The van der Waals surface area contributed by atoms with Crippen LogP contribution in [0.5, 0.6) is 0 Å². The van der Waals surface area contributed by atoms with Gasteiger partial charge in [0.15, 0.2) is 0 Å². The molecule has 3 aromatic rings. The van der Waals surface area contributed by atoms with Crippen molar-refractivity contribution in [3.05, 3.63) is 105 Å². The van der Waals surface area contributed by atoms with Gasteiger partial charge in [-0.1, -0.05) is 72.8 Å². The maximum Gasteiger partial charge on any atom is 0.308 e. The van der Waals surface area contributed by atoms with Crippen molar-refractivity contribution in [2.45, 2.75) is 18.9 Å². The largest absolute Gasteiger partial charge is 0.469 e. The highest BCUT2D eigenvalue weighted by Gasteiger charge is 2.31. The van der Waals surface area contributed by atoms with E-state index in [1.54, 1.807) is 0 Å². The van der Waals surface area contributed by atoms with Gasteiger partial charge in [-0.15, -0.1) is 0 Å². The topological polar surface area (TPSA) is 38.7 Å². The van der Waals surface area contributed by atoms with Gasteiger partial charge in [-0.25, -0.2) is 0 Å². The van der Waals surface area contributed by atoms with Crippen LogP contribution in [0, 0.1) is 3.57 Å². The number of carbonyl (C=O) groups excluding carboxylic acids is 1. The summed E-state index contributed by atoms with van der Waals surface area (Å²) in [4.78, 5) is 17.4. The standard InChI is InChI=1S/C24H22INO2/c1-24(17-22(27)28-2,20-13-15-21(25)16-14-20)26-23(18-9-5-3-6-10-18)19-11-7-4-8-12-19/h3-16H,17H2,1-2H3. The molecule has 1 atom stereocenters. The lowest BCUT2D eigenvalue weighted by molar-refractivity contribution is -0.141. The summed E-state index contributed by atoms with van der Waals surface area (Å²) < 4.78 is 6.11. The maximum absolute atomic E-state index is 12.2. The summed E-state index contributed by atoms with van der Waals surface area (Å²) in [7, 11) is 1.41. The van der Waals surface area contributed by atoms with Crippen molar-refractivity contribution in [2.75, 3.05) is 7.11 Å². The van der Waals surface area contributed by atoms with Gasteiger partial charge >= 0.3 is 5.97 Å². The number of hydrogen-bond acceptors (Lipinski definition) is 3. The third-order valence-corrected chi connectivity index (χ3v) is 5.35. The van der Waals surface area contributed by atoms with Crippen LogP contribution in [0.15, 0.2) is 89.9 Å². The summed E-state index contributed by atoms with van der Waals surface area (Å²) >= 11 is 2.27. The Morgan fingerprint density at radius 2 is 1.39 bits per heavy atom. The molecule has 0 radical (unpaired) electrons. The minimum atomic E-state index is -0.752. The van der Waals surface area contributed by atoms with Gasteiger partial charge < -0.3 is 4.74 Å². The number of hydrogen-bond donors (Lipinski definition) is 0. The summed E-state index contributed by atoms with van der Waals surface area (Å²) in [5, 5.41) is 0. The van der Waals surface area contributed by atoms with E-state index in [4.69, 9.17) is 9.73 Å². The first kappa shape index (κ1) is 20.3. The van der Waals surface area contributed by atoms with E-state index < -0.39 is 5.54 Å². The molecule has 0 bridgehead atoms. The Kier molecular flexibility index (Phi) is 6.62. The summed E-state index contributed by atoms with van der Waals surface area (Å²) in [5.74, 6) is -0.287. The first-order chi connectivity index (χ1) is 13.5. The number of ether oxygens (including phenoxy) is 1. The molecule has 0 heterocycles. The van der Waals surface area contributed by atoms with Gasteiger partial charge in [0.1, 0.15) is 0 Å². The number of methoxy groups -OCH3 is 1. The van der Waals surface area contributed by atoms with Crippen molar-refractivity contribution in [3.8, 4) is 0 Å². The highest BCUT2D eigenvalue weighted by atomic mass is 127. The van der Waals surface area contributed by atoms with Gasteiger partial charge in [-0.05, 0) is 47.2 Å². The van der Waals surface area contributed by atoms with E-state index in [0.717, 1.165) is 26.0 Å². The Labute approximate surface area is 179 Å². The van der Waals surface area contributed by atoms with Crippen LogP contribution in [0.4, 0.5) is 0 Å². The number of carbonyl (C=O) groups is 1. The van der Waals surface area contributed by atoms with E-state index in [9.17, 15) is 4.79 Å². The van der Waals surface area contributed by atoms with Gasteiger partial charge in [0, 0.05) is 14.7 Å². The molecule has 0 spiro atoms. The Morgan fingerprint density at radius 3 is 1.86 bits per heavy atom. The fourth-order valence-corrected chi connectivity index (χ4v) is 3.46. The molecule has 0 saturated heterocycles. The minimum absolute atomic E-state index is 0.160. The second kappa shape index (κ2) is 9.15. The smallest absolute Gasteiger partial charge is 0.308 e. The molecular weight excluding hydrogens is 461 g/mol. The van der Waals surface area contributed by atoms with Crippen molar-refractivity contribution in [1.29, 1.82) is 0 Å². The summed E-state index contributed by atoms with van der Waals surface area (Å²) in [6.45, 7) is 1.98. The molecule has 0 aliphatic heterocycles. The molecule has 3 rings (SSSR count). The van der Waals surface area contributed by atoms with Crippen LogP contribution in [-0.2, 0) is 15.1 Å². The third kappa shape index (κ3) is 4.87. The van der Waals surface area contributed by atoms with Gasteiger partial charge in [0.05, 0.1) is 24.8 Å². The molecule has 0 amide bonds. The minimum Gasteiger partial charge on any atom is -0.469 e. The second-order valence-electron chi connectivity index (χ2n) is 6.73. The average molecular weight is 483 g/mol. The van der Waals surface area contributed by atoms with Gasteiger partial charge in [-0.2, -0.15) is 0 Å². The lowest BCUT2D eigenvalue weighted by Gasteiger charge is -2.27. The van der Waals surface area contributed by atoms with Crippen LogP contribution >= 0.6 is 22.6 Å². The molecule has 3 aromatic carbocycles. The van der Waals surface area contributed by atoms with Crippen molar-refractivity contribution < 1.29 is 9.53 Å². The van der Waals surface area contributed by atoms with Gasteiger partial charge in [0.2, 0.25) is 0 Å². The monoisotopic (exact) mass is 483 g/mol. The first-order valence-corrected chi connectivity index (χ1v) is 10.1. The zero-order valence-corrected chi connectivity index (χ0v) is 18.1. The summed E-state index contributed by atoms with van der Waals surface area (Å²) in [6, 6.07) is 28.2. The highest BCUT2D eigenvalue weighted by molar-refractivity contribution is 14.1. The number of nitrogens with zero attached hydrogens (tertiary/aromatic N) is 1. The Morgan fingerprint density at radius 1 is 0.893 bits per heavy atom. The highest BCUT2D eigenvalue weighted by Crippen LogP contribution is 2.32. The summed E-state index contributed by atoms with van der Waals surface area (Å²) in [6.07, 6.45) is 0.160. The summed E-state index contributed by atoms with van der Waals surface area (Å²) in [5.41, 5.74) is 3.10. The zero-order valence-electron chi connectivity index (χ0n) is 15.9. The Hall–Kier alpha value is -2.47. The van der Waals surface area contributed by atoms with Gasteiger partial charge in [-0.3, -0.25) is 9.79 Å². The Bertz CT molecular complexity index is 911. The van der Waals surface area contributed by atoms with Gasteiger partial charge in [0.25, 0.3) is 0 Å². The number of aliphatic imine (C=N–C) groups is 1. The van der Waals surface area contributed by atoms with E-state index >= 15 is 0 Å². The van der Waals surface area contributed by atoms with Crippen LogP contribution in [0.25, 0.3) is 0 Å². The lowest BCUT2D eigenvalue weighted by Crippen LogP contribution is -2.26. The molecule has 0 fully saturated rings. The fourth-order valence-electron chi connectivity index (χ4n) is 3.10. The third-order valence-electron chi connectivity index (χ3n) is 4.64. The Balaban J connectivity index is 2.19. The molecule has 1 unspecified atom stereocenters. The van der Waals surface area contributed by atoms with Crippen LogP contribution < -0.4 is 0 Å². The molecule has 142 valence electrons. The number of esters is 1. The molecule has 0 aliphatic rings. The molecule has 28 heavy (non-hydrogen) atoms. The number of benzene rings is 3. The van der Waals surface area contributed by atoms with Crippen LogP contribution in [0.3, 0.4) is 0 Å². The SMILES string of the molecule is COC(=O)CC(C)(N=C(c1ccccc1)c1ccccc1)c1ccc(I)cc1. The first-order valence-electron chi connectivity index (χ1n) is 9.05. The predicted octanol–water partition coefficient (Wildman–Crippen LogP) is 5.61. The maximum atomic E-state index is 12.2. The van der Waals surface area contributed by atoms with Crippen LogP contribution in [0.1, 0.15) is 30.0 Å². The average Bonchev–Trinajstić information content (AvgIpc) is 2.73. The quantitative estimate of drug-likeness (QED) is 0.260. The van der Waals surface area contributed by atoms with Crippen molar-refractivity contribution in [3.63, 3.8) is 0 Å². The van der Waals surface area contributed by atoms with E-state index in [0.29, 0.717) is 0 Å². The molecule has 0 aromatic heterocycles. The van der Waals surface area contributed by atoms with E-state index in [1.165, 1.54) is 7.11 Å². The van der Waals surface area contributed by atoms with E-state index in [1.807, 2.05) is 91.9 Å². The lowest BCUT2D eigenvalue weighted by atomic mass is 9.88. The predicted molar refractivity (Wildman–Crippen MR) is 122 cm³/mol. The van der Waals surface area contributed by atoms with Crippen molar-refractivity contribution >= 4 is 34.3 Å². The molecule has 0 N–H and O–H groups in total. The second-order valence-corrected chi connectivity index (χ2v) is 7.97. The number of rotatable bonds is 6. The number of halogens is 1.